The number of fused-ring (bicyclic) bond motifs is 1. The summed E-state index contributed by atoms with van der Waals surface area (Å²) >= 11 is 1.33. The zero-order chi connectivity index (χ0) is 27.6. The Bertz CT molecular complexity index is 1620. The SMILES string of the molecule is CCC1CCCCN1S(=O)(=O)c1ccc(C(=O)N(/N=C/c2ccc(F)cc2)c2nc3ccc(C)cc3s2)cc1. The molecule has 10 heteroatoms. The van der Waals surface area contributed by atoms with Gasteiger partial charge in [-0.15, -0.1) is 0 Å². The Morgan fingerprint density at radius 3 is 2.59 bits per heavy atom. The molecular weight excluding hydrogens is 535 g/mol. The fourth-order valence-electron chi connectivity index (χ4n) is 4.70. The Morgan fingerprint density at radius 2 is 1.87 bits per heavy atom. The highest BCUT2D eigenvalue weighted by Crippen LogP contribution is 2.31. The first-order chi connectivity index (χ1) is 18.8. The molecule has 1 atom stereocenters. The molecule has 4 aromatic rings. The van der Waals surface area contributed by atoms with Gasteiger partial charge in [-0.2, -0.15) is 14.4 Å². The lowest BCUT2D eigenvalue weighted by Gasteiger charge is -2.34. The first-order valence-corrected chi connectivity index (χ1v) is 15.1. The van der Waals surface area contributed by atoms with Crippen molar-refractivity contribution in [2.75, 3.05) is 11.6 Å². The number of piperidine rings is 1. The maximum atomic E-state index is 13.7. The van der Waals surface area contributed by atoms with Crippen LogP contribution in [-0.4, -0.2) is 42.4 Å². The van der Waals surface area contributed by atoms with Gasteiger partial charge in [-0.05, 0) is 85.8 Å². The van der Waals surface area contributed by atoms with E-state index in [1.165, 1.54) is 59.0 Å². The smallest absolute Gasteiger partial charge is 0.267 e. The fraction of sp³-hybridized carbons (Fsp3) is 0.276. The molecule has 0 radical (unpaired) electrons. The summed E-state index contributed by atoms with van der Waals surface area (Å²) in [6, 6.07) is 17.6. The van der Waals surface area contributed by atoms with Crippen LogP contribution >= 0.6 is 11.3 Å². The number of aryl methyl sites for hydroxylation is 1. The molecule has 0 spiro atoms. The number of hydrogen-bond donors (Lipinski definition) is 0. The number of rotatable bonds is 7. The summed E-state index contributed by atoms with van der Waals surface area (Å²) in [5, 5.41) is 5.98. The van der Waals surface area contributed by atoms with E-state index in [-0.39, 0.29) is 22.3 Å². The monoisotopic (exact) mass is 564 g/mol. The van der Waals surface area contributed by atoms with Gasteiger partial charge in [0.2, 0.25) is 15.2 Å². The van der Waals surface area contributed by atoms with Gasteiger partial charge in [-0.25, -0.2) is 17.8 Å². The molecule has 1 fully saturated rings. The molecule has 39 heavy (non-hydrogen) atoms. The maximum Gasteiger partial charge on any atom is 0.280 e. The summed E-state index contributed by atoms with van der Waals surface area (Å²) in [5.41, 5.74) is 2.69. The van der Waals surface area contributed by atoms with E-state index >= 15 is 0 Å². The molecule has 202 valence electrons. The van der Waals surface area contributed by atoms with Gasteiger partial charge in [0.05, 0.1) is 21.3 Å². The third-order valence-corrected chi connectivity index (χ3v) is 9.81. The normalized spacial score (nSPS) is 16.6. The molecule has 1 amide bonds. The lowest BCUT2D eigenvalue weighted by molar-refractivity contribution is 0.0987. The summed E-state index contributed by atoms with van der Waals surface area (Å²) in [7, 11) is -3.67. The summed E-state index contributed by atoms with van der Waals surface area (Å²) in [6.07, 6.45) is 4.95. The van der Waals surface area contributed by atoms with Gasteiger partial charge in [-0.3, -0.25) is 4.79 Å². The van der Waals surface area contributed by atoms with Gasteiger partial charge in [-0.1, -0.05) is 42.9 Å². The maximum absolute atomic E-state index is 13.7. The molecule has 1 aliphatic heterocycles. The molecule has 2 heterocycles. The van der Waals surface area contributed by atoms with Gasteiger partial charge in [0.15, 0.2) is 0 Å². The molecule has 1 unspecified atom stereocenters. The number of anilines is 1. The van der Waals surface area contributed by atoms with Crippen LogP contribution in [0.5, 0.6) is 0 Å². The Hall–Kier alpha value is -3.47. The van der Waals surface area contributed by atoms with Crippen molar-refractivity contribution in [2.45, 2.75) is 50.5 Å². The molecule has 0 bridgehead atoms. The van der Waals surface area contributed by atoms with Crippen LogP contribution in [0.1, 0.15) is 54.1 Å². The number of hydrazone groups is 1. The van der Waals surface area contributed by atoms with Gasteiger partial charge in [0, 0.05) is 18.2 Å². The van der Waals surface area contributed by atoms with Gasteiger partial charge < -0.3 is 0 Å². The quantitative estimate of drug-likeness (QED) is 0.193. The Balaban J connectivity index is 1.47. The number of sulfonamides is 1. The Labute approximate surface area is 231 Å². The number of carbonyl (C=O) groups is 1. The second-order valence-electron chi connectivity index (χ2n) is 9.58. The highest BCUT2D eigenvalue weighted by molar-refractivity contribution is 7.89. The highest BCUT2D eigenvalue weighted by atomic mass is 32.2. The molecule has 0 saturated carbocycles. The van der Waals surface area contributed by atoms with E-state index in [0.717, 1.165) is 41.5 Å². The second kappa shape index (κ2) is 11.3. The molecule has 1 aliphatic rings. The molecule has 5 rings (SSSR count). The van der Waals surface area contributed by atoms with Crippen LogP contribution in [0.15, 0.2) is 76.7 Å². The van der Waals surface area contributed by atoms with E-state index in [9.17, 15) is 17.6 Å². The summed E-state index contributed by atoms with van der Waals surface area (Å²) in [6.45, 7) is 4.49. The summed E-state index contributed by atoms with van der Waals surface area (Å²) in [4.78, 5) is 18.5. The number of hydrogen-bond acceptors (Lipinski definition) is 6. The minimum Gasteiger partial charge on any atom is -0.267 e. The van der Waals surface area contributed by atoms with Crippen LogP contribution in [0, 0.1) is 12.7 Å². The van der Waals surface area contributed by atoms with Crippen LogP contribution in [-0.2, 0) is 10.0 Å². The predicted molar refractivity (Wildman–Crippen MR) is 153 cm³/mol. The van der Waals surface area contributed by atoms with Crippen molar-refractivity contribution in [3.8, 4) is 0 Å². The first kappa shape index (κ1) is 27.1. The van der Waals surface area contributed by atoms with E-state index in [2.05, 4.69) is 10.1 Å². The second-order valence-corrected chi connectivity index (χ2v) is 12.5. The molecule has 1 aromatic heterocycles. The number of amides is 1. The third-order valence-electron chi connectivity index (χ3n) is 6.85. The molecule has 7 nitrogen and oxygen atoms in total. The number of thiazole rings is 1. The van der Waals surface area contributed by atoms with Crippen molar-refractivity contribution in [1.82, 2.24) is 9.29 Å². The summed E-state index contributed by atoms with van der Waals surface area (Å²) in [5.74, 6) is -0.830. The van der Waals surface area contributed by atoms with Crippen molar-refractivity contribution >= 4 is 48.8 Å². The third kappa shape index (κ3) is 5.78. The minimum absolute atomic E-state index is 0.0102. The number of benzene rings is 3. The van der Waals surface area contributed by atoms with Crippen LogP contribution in [0.25, 0.3) is 10.2 Å². The van der Waals surface area contributed by atoms with Crippen molar-refractivity contribution in [3.63, 3.8) is 0 Å². The minimum atomic E-state index is -3.67. The Kier molecular flexibility index (Phi) is 7.88. The van der Waals surface area contributed by atoms with Crippen molar-refractivity contribution < 1.29 is 17.6 Å². The van der Waals surface area contributed by atoms with E-state index in [4.69, 9.17) is 0 Å². The van der Waals surface area contributed by atoms with E-state index < -0.39 is 15.9 Å². The highest BCUT2D eigenvalue weighted by Gasteiger charge is 2.32. The zero-order valence-corrected chi connectivity index (χ0v) is 23.4. The largest absolute Gasteiger partial charge is 0.280 e. The van der Waals surface area contributed by atoms with Crippen LogP contribution < -0.4 is 5.01 Å². The van der Waals surface area contributed by atoms with Crippen molar-refractivity contribution in [2.24, 2.45) is 5.10 Å². The van der Waals surface area contributed by atoms with Crippen molar-refractivity contribution in [1.29, 1.82) is 0 Å². The van der Waals surface area contributed by atoms with E-state index in [0.29, 0.717) is 17.2 Å². The lowest BCUT2D eigenvalue weighted by atomic mass is 10.0. The Morgan fingerprint density at radius 1 is 1.13 bits per heavy atom. The lowest BCUT2D eigenvalue weighted by Crippen LogP contribution is -2.43. The standard InChI is InChI=1S/C29H29FN4O3S2/c1-3-24-6-4-5-17-33(24)39(36,37)25-14-10-22(11-15-25)28(35)34(31-19-21-8-12-23(30)13-9-21)29-32-26-16-7-20(2)18-27(26)38-29/h7-16,18-19,24H,3-6,17H2,1-2H3/b31-19+. The molecule has 3 aromatic carbocycles. The van der Waals surface area contributed by atoms with Crippen LogP contribution in [0.4, 0.5) is 9.52 Å². The van der Waals surface area contributed by atoms with Crippen LogP contribution in [0.3, 0.4) is 0 Å². The molecule has 0 N–H and O–H groups in total. The topological polar surface area (TPSA) is 82.9 Å². The van der Waals surface area contributed by atoms with E-state index in [1.54, 1.807) is 16.4 Å². The number of nitrogens with zero attached hydrogens (tertiary/aromatic N) is 4. The predicted octanol–water partition coefficient (Wildman–Crippen LogP) is 6.38. The summed E-state index contributed by atoms with van der Waals surface area (Å²) < 4.78 is 42.6. The molecule has 0 aliphatic carbocycles. The average molecular weight is 565 g/mol. The zero-order valence-electron chi connectivity index (χ0n) is 21.7. The molecular formula is C29H29FN4O3S2. The van der Waals surface area contributed by atoms with Gasteiger partial charge in [0.25, 0.3) is 5.91 Å². The van der Waals surface area contributed by atoms with Gasteiger partial charge in [0.1, 0.15) is 5.82 Å². The number of aromatic nitrogens is 1. The number of halogens is 1. The van der Waals surface area contributed by atoms with Crippen LogP contribution in [0.2, 0.25) is 0 Å². The average Bonchev–Trinajstić information content (AvgIpc) is 3.36. The van der Waals surface area contributed by atoms with Gasteiger partial charge >= 0.3 is 0 Å². The van der Waals surface area contributed by atoms with Crippen molar-refractivity contribution in [3.05, 3.63) is 89.2 Å². The fourth-order valence-corrected chi connectivity index (χ4v) is 7.49. The van der Waals surface area contributed by atoms with E-state index in [1.807, 2.05) is 32.0 Å². The number of carbonyl (C=O) groups excluding carboxylic acids is 1. The molecule has 1 saturated heterocycles. The first-order valence-electron chi connectivity index (χ1n) is 12.9.